The van der Waals surface area contributed by atoms with Gasteiger partial charge in [-0.05, 0) is 36.2 Å². The molecule has 3 aromatic heterocycles. The van der Waals surface area contributed by atoms with E-state index >= 15 is 0 Å². The predicted octanol–water partition coefficient (Wildman–Crippen LogP) is 2.18. The van der Waals surface area contributed by atoms with Crippen molar-refractivity contribution in [1.29, 1.82) is 0 Å². The lowest BCUT2D eigenvalue weighted by molar-refractivity contribution is 0.637. The summed E-state index contributed by atoms with van der Waals surface area (Å²) in [7, 11) is 0. The lowest BCUT2D eigenvalue weighted by Gasteiger charge is -2.11. The quantitative estimate of drug-likeness (QED) is 0.701. The standard InChI is InChI=1S/C14H16N6S/c1-2-10(15)6-9-4-3-5-16-13(9)21-14-11-12(18-7-17-11)19-8-20-14/h3-5,7-8,10H,2,6,15H2,1H3,(H,17,18,19,20). The first-order valence-corrected chi connectivity index (χ1v) is 7.61. The number of imidazole rings is 1. The lowest BCUT2D eigenvalue weighted by Crippen LogP contribution is -2.21. The number of hydrogen-bond acceptors (Lipinski definition) is 6. The molecule has 0 bridgehead atoms. The van der Waals surface area contributed by atoms with E-state index in [1.165, 1.54) is 18.1 Å². The van der Waals surface area contributed by atoms with E-state index < -0.39 is 0 Å². The van der Waals surface area contributed by atoms with Crippen LogP contribution in [0.4, 0.5) is 0 Å². The first-order valence-electron chi connectivity index (χ1n) is 6.79. The average molecular weight is 300 g/mol. The highest BCUT2D eigenvalue weighted by molar-refractivity contribution is 7.99. The fourth-order valence-corrected chi connectivity index (χ4v) is 2.94. The van der Waals surface area contributed by atoms with E-state index in [0.717, 1.165) is 34.0 Å². The molecule has 3 heterocycles. The van der Waals surface area contributed by atoms with Gasteiger partial charge in [0.2, 0.25) is 0 Å². The van der Waals surface area contributed by atoms with E-state index in [1.54, 1.807) is 12.5 Å². The van der Waals surface area contributed by atoms with E-state index in [9.17, 15) is 0 Å². The van der Waals surface area contributed by atoms with E-state index in [4.69, 9.17) is 5.73 Å². The molecule has 3 rings (SSSR count). The summed E-state index contributed by atoms with van der Waals surface area (Å²) in [5, 5.41) is 1.75. The Morgan fingerprint density at radius 2 is 2.14 bits per heavy atom. The Hall–Kier alpha value is -1.99. The molecule has 1 atom stereocenters. The number of aromatic nitrogens is 5. The minimum atomic E-state index is 0.145. The van der Waals surface area contributed by atoms with Crippen LogP contribution in [0.2, 0.25) is 0 Å². The maximum absolute atomic E-state index is 6.06. The van der Waals surface area contributed by atoms with Crippen molar-refractivity contribution in [3.05, 3.63) is 36.5 Å². The zero-order valence-corrected chi connectivity index (χ0v) is 12.5. The zero-order chi connectivity index (χ0) is 14.7. The van der Waals surface area contributed by atoms with E-state index in [2.05, 4.69) is 37.9 Å². The molecule has 0 saturated heterocycles. The Labute approximate surface area is 126 Å². The molecule has 6 nitrogen and oxygen atoms in total. The Morgan fingerprint density at radius 1 is 1.24 bits per heavy atom. The summed E-state index contributed by atoms with van der Waals surface area (Å²) in [6.07, 6.45) is 6.68. The summed E-state index contributed by atoms with van der Waals surface area (Å²) >= 11 is 1.51. The molecule has 0 radical (unpaired) electrons. The van der Waals surface area contributed by atoms with Crippen molar-refractivity contribution in [3.63, 3.8) is 0 Å². The van der Waals surface area contributed by atoms with E-state index in [1.807, 2.05) is 6.07 Å². The highest BCUT2D eigenvalue weighted by atomic mass is 32.2. The molecule has 7 heteroatoms. The summed E-state index contributed by atoms with van der Waals surface area (Å²) in [4.78, 5) is 20.1. The molecule has 0 fully saturated rings. The Balaban J connectivity index is 1.93. The second-order valence-electron chi connectivity index (χ2n) is 4.72. The summed E-state index contributed by atoms with van der Waals surface area (Å²) in [5.41, 5.74) is 8.70. The molecule has 0 aromatic carbocycles. The number of aromatic amines is 1. The van der Waals surface area contributed by atoms with Crippen LogP contribution >= 0.6 is 11.8 Å². The largest absolute Gasteiger partial charge is 0.341 e. The van der Waals surface area contributed by atoms with Gasteiger partial charge >= 0.3 is 0 Å². The van der Waals surface area contributed by atoms with Crippen molar-refractivity contribution in [2.24, 2.45) is 5.73 Å². The molecule has 0 spiro atoms. The maximum atomic E-state index is 6.06. The van der Waals surface area contributed by atoms with Crippen molar-refractivity contribution in [3.8, 4) is 0 Å². The first kappa shape index (κ1) is 14.0. The van der Waals surface area contributed by atoms with E-state index in [0.29, 0.717) is 5.65 Å². The number of nitrogens with one attached hydrogen (secondary N) is 1. The van der Waals surface area contributed by atoms with Crippen LogP contribution in [0.5, 0.6) is 0 Å². The van der Waals surface area contributed by atoms with Crippen LogP contribution in [-0.2, 0) is 6.42 Å². The lowest BCUT2D eigenvalue weighted by atomic mass is 10.1. The fraction of sp³-hybridized carbons (Fsp3) is 0.286. The van der Waals surface area contributed by atoms with Crippen LogP contribution in [0.1, 0.15) is 18.9 Å². The molecule has 0 amide bonds. The van der Waals surface area contributed by atoms with Crippen molar-refractivity contribution in [2.75, 3.05) is 0 Å². The van der Waals surface area contributed by atoms with Crippen LogP contribution in [0, 0.1) is 0 Å². The van der Waals surface area contributed by atoms with Gasteiger partial charge in [-0.15, -0.1) is 0 Å². The summed E-state index contributed by atoms with van der Waals surface area (Å²) in [5.74, 6) is 0. The number of nitrogens with zero attached hydrogens (tertiary/aromatic N) is 4. The molecule has 21 heavy (non-hydrogen) atoms. The highest BCUT2D eigenvalue weighted by Crippen LogP contribution is 2.30. The highest BCUT2D eigenvalue weighted by Gasteiger charge is 2.13. The molecule has 0 saturated carbocycles. The molecule has 3 N–H and O–H groups in total. The molecule has 3 aromatic rings. The third kappa shape index (κ3) is 3.03. The Morgan fingerprint density at radius 3 is 3.00 bits per heavy atom. The third-order valence-electron chi connectivity index (χ3n) is 3.24. The SMILES string of the molecule is CCC(N)Cc1cccnc1Sc1ncnc2nc[nH]c12. The Kier molecular flexibility index (Phi) is 4.12. The number of pyridine rings is 1. The molecule has 0 aliphatic rings. The van der Waals surface area contributed by atoms with Crippen molar-refractivity contribution in [2.45, 2.75) is 35.9 Å². The van der Waals surface area contributed by atoms with Crippen molar-refractivity contribution < 1.29 is 0 Å². The summed E-state index contributed by atoms with van der Waals surface area (Å²) in [6, 6.07) is 4.15. The van der Waals surface area contributed by atoms with Crippen LogP contribution < -0.4 is 5.73 Å². The number of hydrogen-bond donors (Lipinski definition) is 2. The van der Waals surface area contributed by atoms with Gasteiger partial charge in [-0.3, -0.25) is 0 Å². The minimum absolute atomic E-state index is 0.145. The summed E-state index contributed by atoms with van der Waals surface area (Å²) in [6.45, 7) is 2.09. The predicted molar refractivity (Wildman–Crippen MR) is 82.0 cm³/mol. The van der Waals surface area contributed by atoms with Crippen LogP contribution in [0.15, 0.2) is 41.0 Å². The van der Waals surface area contributed by atoms with Gasteiger partial charge in [-0.2, -0.15) is 0 Å². The number of H-pyrrole nitrogens is 1. The van der Waals surface area contributed by atoms with Gasteiger partial charge in [0, 0.05) is 12.2 Å². The Bertz CT molecular complexity index is 741. The zero-order valence-electron chi connectivity index (χ0n) is 11.7. The topological polar surface area (TPSA) is 93.4 Å². The number of rotatable bonds is 5. The smallest absolute Gasteiger partial charge is 0.181 e. The van der Waals surface area contributed by atoms with Gasteiger partial charge in [0.05, 0.1) is 6.33 Å². The number of fused-ring (bicyclic) bond motifs is 1. The monoisotopic (exact) mass is 300 g/mol. The van der Waals surface area contributed by atoms with E-state index in [-0.39, 0.29) is 6.04 Å². The van der Waals surface area contributed by atoms with Gasteiger partial charge in [-0.25, -0.2) is 19.9 Å². The fourth-order valence-electron chi connectivity index (χ4n) is 2.01. The van der Waals surface area contributed by atoms with Crippen LogP contribution in [0.25, 0.3) is 11.2 Å². The second-order valence-corrected chi connectivity index (χ2v) is 5.70. The third-order valence-corrected chi connectivity index (χ3v) is 4.30. The van der Waals surface area contributed by atoms with Gasteiger partial charge in [0.1, 0.15) is 21.9 Å². The maximum Gasteiger partial charge on any atom is 0.181 e. The van der Waals surface area contributed by atoms with Crippen molar-refractivity contribution >= 4 is 22.9 Å². The second kappa shape index (κ2) is 6.19. The molecular formula is C14H16N6S. The normalized spacial score (nSPS) is 12.7. The number of nitrogens with two attached hydrogens (primary N) is 1. The van der Waals surface area contributed by atoms with Crippen LogP contribution in [-0.4, -0.2) is 31.0 Å². The van der Waals surface area contributed by atoms with Crippen LogP contribution in [0.3, 0.4) is 0 Å². The molecule has 108 valence electrons. The minimum Gasteiger partial charge on any atom is -0.341 e. The van der Waals surface area contributed by atoms with Gasteiger partial charge in [0.25, 0.3) is 0 Å². The average Bonchev–Trinajstić information content (AvgIpc) is 2.98. The van der Waals surface area contributed by atoms with Crippen molar-refractivity contribution in [1.82, 2.24) is 24.9 Å². The molecule has 0 aliphatic heterocycles. The first-order chi connectivity index (χ1) is 10.3. The van der Waals surface area contributed by atoms with Gasteiger partial charge < -0.3 is 10.7 Å². The van der Waals surface area contributed by atoms with Gasteiger partial charge in [-0.1, -0.05) is 13.0 Å². The molecule has 0 aliphatic carbocycles. The molecule has 1 unspecified atom stereocenters. The molecular weight excluding hydrogens is 284 g/mol. The van der Waals surface area contributed by atoms with Gasteiger partial charge in [0.15, 0.2) is 5.65 Å². The summed E-state index contributed by atoms with van der Waals surface area (Å²) < 4.78 is 0.